The molecule has 11 heteroatoms. The van der Waals surface area contributed by atoms with Crippen LogP contribution < -0.4 is 9.64 Å². The predicted octanol–water partition coefficient (Wildman–Crippen LogP) is 4.82. The van der Waals surface area contributed by atoms with Gasteiger partial charge in [0.15, 0.2) is 11.0 Å². The van der Waals surface area contributed by atoms with E-state index >= 15 is 4.39 Å². The molecule has 0 radical (unpaired) electrons. The van der Waals surface area contributed by atoms with Crippen LogP contribution in [0.3, 0.4) is 0 Å². The minimum Gasteiger partial charge on any atom is -0.461 e. The van der Waals surface area contributed by atoms with Crippen LogP contribution in [0.4, 0.5) is 15.0 Å². The van der Waals surface area contributed by atoms with E-state index in [1.165, 1.54) is 11.8 Å². The van der Waals surface area contributed by atoms with E-state index in [1.54, 1.807) is 4.90 Å². The molecule has 2 aromatic heterocycles. The Bertz CT molecular complexity index is 1270. The van der Waals surface area contributed by atoms with Gasteiger partial charge in [-0.15, -0.1) is 0 Å². The highest BCUT2D eigenvalue weighted by atomic mass is 35.5. The molecule has 2 aromatic rings. The first-order valence-corrected chi connectivity index (χ1v) is 13.5. The molecule has 3 atom stereocenters. The standard InChI is InChI=1S/C27H36ClFN6O3/c1-16-12-27(9-7-10-34(27)14-16)15-37-24-31-21-18(13-30-22(28)20(21)29)23(32-24)33(6)19-8-11-35(17(19)2)25(36)38-26(3,4)5/h13,17,19H,1,7-12,14-15H2,2-6H3/t17-,19-,27+/m1/s1. The van der Waals surface area contributed by atoms with Crippen molar-refractivity contribution in [2.45, 2.75) is 76.6 Å². The first-order chi connectivity index (χ1) is 17.9. The van der Waals surface area contributed by atoms with Crippen LogP contribution in [0.5, 0.6) is 6.01 Å². The Hall–Kier alpha value is -2.72. The molecule has 3 aliphatic heterocycles. The number of hydrogen-bond acceptors (Lipinski definition) is 8. The van der Waals surface area contributed by atoms with Crippen LogP contribution in [0, 0.1) is 5.82 Å². The first-order valence-electron chi connectivity index (χ1n) is 13.2. The molecule has 0 aromatic carbocycles. The van der Waals surface area contributed by atoms with Crippen LogP contribution in [0.2, 0.25) is 5.15 Å². The van der Waals surface area contributed by atoms with Crippen LogP contribution in [0.25, 0.3) is 10.9 Å². The lowest BCUT2D eigenvalue weighted by Crippen LogP contribution is -2.45. The van der Waals surface area contributed by atoms with Crippen molar-refractivity contribution in [3.63, 3.8) is 0 Å². The summed E-state index contributed by atoms with van der Waals surface area (Å²) in [5, 5.41) is 0.174. The highest BCUT2D eigenvalue weighted by molar-refractivity contribution is 6.30. The molecule has 5 heterocycles. The van der Waals surface area contributed by atoms with Gasteiger partial charge >= 0.3 is 12.1 Å². The maximum atomic E-state index is 15.2. The Balaban J connectivity index is 1.44. The number of nitrogens with zero attached hydrogens (tertiary/aromatic N) is 6. The van der Waals surface area contributed by atoms with E-state index in [0.29, 0.717) is 30.8 Å². The quantitative estimate of drug-likeness (QED) is 0.390. The Kier molecular flexibility index (Phi) is 6.92. The number of carbonyl (C=O) groups excluding carboxylic acids is 1. The van der Waals surface area contributed by atoms with E-state index in [1.807, 2.05) is 39.6 Å². The number of ether oxygens (including phenoxy) is 2. The van der Waals surface area contributed by atoms with Crippen molar-refractivity contribution in [2.24, 2.45) is 0 Å². The van der Waals surface area contributed by atoms with Gasteiger partial charge in [-0.1, -0.05) is 23.8 Å². The summed E-state index contributed by atoms with van der Waals surface area (Å²) >= 11 is 6.02. The fourth-order valence-corrected chi connectivity index (χ4v) is 6.29. The van der Waals surface area contributed by atoms with E-state index in [4.69, 9.17) is 26.1 Å². The lowest BCUT2D eigenvalue weighted by Gasteiger charge is -2.33. The molecule has 206 valence electrons. The van der Waals surface area contributed by atoms with E-state index in [9.17, 15) is 4.79 Å². The number of likely N-dealkylation sites (N-methyl/N-ethyl adjacent to an activating group) is 1. The summed E-state index contributed by atoms with van der Waals surface area (Å²) in [5.41, 5.74) is 0.548. The van der Waals surface area contributed by atoms with Crippen LogP contribution >= 0.6 is 11.6 Å². The molecule has 0 N–H and O–H groups in total. The van der Waals surface area contributed by atoms with Crippen molar-refractivity contribution in [3.05, 3.63) is 29.3 Å². The monoisotopic (exact) mass is 546 g/mol. The lowest BCUT2D eigenvalue weighted by atomic mass is 9.94. The van der Waals surface area contributed by atoms with Gasteiger partial charge in [0.25, 0.3) is 0 Å². The molecule has 0 saturated carbocycles. The van der Waals surface area contributed by atoms with Crippen LogP contribution in [-0.4, -0.2) is 87.4 Å². The third-order valence-electron chi connectivity index (χ3n) is 7.98. The third-order valence-corrected chi connectivity index (χ3v) is 8.24. The van der Waals surface area contributed by atoms with Gasteiger partial charge in [0, 0.05) is 26.3 Å². The average molecular weight is 547 g/mol. The van der Waals surface area contributed by atoms with Gasteiger partial charge in [0.05, 0.1) is 23.0 Å². The number of anilines is 1. The van der Waals surface area contributed by atoms with Crippen molar-refractivity contribution in [1.29, 1.82) is 0 Å². The van der Waals surface area contributed by atoms with Gasteiger partial charge in [0.1, 0.15) is 23.5 Å². The number of aromatic nitrogens is 3. The smallest absolute Gasteiger partial charge is 0.410 e. The van der Waals surface area contributed by atoms with Crippen LogP contribution in [0.1, 0.15) is 53.4 Å². The normalized spacial score (nSPS) is 25.8. The topological polar surface area (TPSA) is 83.9 Å². The zero-order valence-corrected chi connectivity index (χ0v) is 23.5. The van der Waals surface area contributed by atoms with Gasteiger partial charge in [-0.25, -0.2) is 14.2 Å². The summed E-state index contributed by atoms with van der Waals surface area (Å²) in [5.74, 6) is -0.233. The Morgan fingerprint density at radius 1 is 1.34 bits per heavy atom. The van der Waals surface area contributed by atoms with E-state index in [2.05, 4.69) is 21.4 Å². The van der Waals surface area contributed by atoms with Crippen molar-refractivity contribution < 1.29 is 18.7 Å². The number of hydrogen-bond donors (Lipinski definition) is 0. The fraction of sp³-hybridized carbons (Fsp3) is 0.630. The highest BCUT2D eigenvalue weighted by Crippen LogP contribution is 2.41. The Morgan fingerprint density at radius 3 is 2.84 bits per heavy atom. The van der Waals surface area contributed by atoms with Crippen molar-refractivity contribution >= 4 is 34.4 Å². The number of amides is 1. The Morgan fingerprint density at radius 2 is 2.11 bits per heavy atom. The van der Waals surface area contributed by atoms with Gasteiger partial charge in [0.2, 0.25) is 0 Å². The van der Waals surface area contributed by atoms with Crippen LogP contribution in [0.15, 0.2) is 18.3 Å². The molecule has 0 spiro atoms. The molecule has 0 bridgehead atoms. The van der Waals surface area contributed by atoms with Gasteiger partial charge in [-0.3, -0.25) is 4.90 Å². The van der Waals surface area contributed by atoms with E-state index < -0.39 is 11.4 Å². The van der Waals surface area contributed by atoms with Crippen molar-refractivity contribution in [3.8, 4) is 6.01 Å². The van der Waals surface area contributed by atoms with E-state index in [0.717, 1.165) is 32.4 Å². The number of fused-ring (bicyclic) bond motifs is 2. The number of carbonyl (C=O) groups is 1. The number of halogens is 2. The average Bonchev–Trinajstić information content (AvgIpc) is 3.50. The van der Waals surface area contributed by atoms with Gasteiger partial charge < -0.3 is 19.3 Å². The second-order valence-electron chi connectivity index (χ2n) is 11.8. The predicted molar refractivity (Wildman–Crippen MR) is 144 cm³/mol. The molecule has 0 aliphatic carbocycles. The highest BCUT2D eigenvalue weighted by Gasteiger charge is 2.46. The summed E-state index contributed by atoms with van der Waals surface area (Å²) < 4.78 is 27.0. The van der Waals surface area contributed by atoms with Crippen molar-refractivity contribution in [1.82, 2.24) is 24.8 Å². The van der Waals surface area contributed by atoms with Gasteiger partial charge in [-0.2, -0.15) is 9.97 Å². The molecular weight excluding hydrogens is 511 g/mol. The molecule has 3 fully saturated rings. The molecule has 38 heavy (non-hydrogen) atoms. The fourth-order valence-electron chi connectivity index (χ4n) is 6.15. The molecule has 0 unspecified atom stereocenters. The second-order valence-corrected chi connectivity index (χ2v) is 12.2. The zero-order chi connectivity index (χ0) is 27.4. The lowest BCUT2D eigenvalue weighted by molar-refractivity contribution is 0.0233. The number of rotatable bonds is 5. The molecule has 1 amide bonds. The summed E-state index contributed by atoms with van der Waals surface area (Å²) in [6.07, 6.45) is 4.82. The maximum Gasteiger partial charge on any atom is 0.410 e. The molecule has 3 aliphatic rings. The summed E-state index contributed by atoms with van der Waals surface area (Å²) in [6, 6.07) is -0.159. The molecular formula is C27H36ClFN6O3. The third kappa shape index (κ3) is 4.88. The SMILES string of the molecule is C=C1CN2CCC[C@@]2(COc2nc(N(C)[C@@H]3CCN(C(=O)OC(C)(C)C)[C@@H]3C)c3cnc(Cl)c(F)c3n2)C1. The maximum absolute atomic E-state index is 15.2. The number of pyridine rings is 1. The zero-order valence-electron chi connectivity index (χ0n) is 22.8. The largest absolute Gasteiger partial charge is 0.461 e. The summed E-state index contributed by atoms with van der Waals surface area (Å²) in [7, 11) is 1.89. The first kappa shape index (κ1) is 26.9. The summed E-state index contributed by atoms with van der Waals surface area (Å²) in [4.78, 5) is 32.1. The number of likely N-dealkylation sites (tertiary alicyclic amines) is 1. The summed E-state index contributed by atoms with van der Waals surface area (Å²) in [6.45, 7) is 14.5. The van der Waals surface area contributed by atoms with Gasteiger partial charge in [-0.05, 0) is 59.9 Å². The molecule has 3 saturated heterocycles. The minimum atomic E-state index is -0.712. The molecule has 5 rings (SSSR count). The minimum absolute atomic E-state index is 0.0584. The molecule has 9 nitrogen and oxygen atoms in total. The van der Waals surface area contributed by atoms with Crippen LogP contribution in [-0.2, 0) is 4.74 Å². The Labute approximate surface area is 228 Å². The van der Waals surface area contributed by atoms with Crippen molar-refractivity contribution in [2.75, 3.05) is 38.2 Å². The van der Waals surface area contributed by atoms with E-state index in [-0.39, 0.29) is 40.4 Å². The second kappa shape index (κ2) is 9.79.